The van der Waals surface area contributed by atoms with E-state index in [0.717, 1.165) is 43.4 Å². The number of halogens is 2. The number of amides is 1. The van der Waals surface area contributed by atoms with Gasteiger partial charge in [0.15, 0.2) is 0 Å². The first-order valence-electron chi connectivity index (χ1n) is 8.50. The number of piperazine rings is 1. The quantitative estimate of drug-likeness (QED) is 0.838. The Morgan fingerprint density at radius 3 is 2.40 bits per heavy atom. The predicted molar refractivity (Wildman–Crippen MR) is 104 cm³/mol. The lowest BCUT2D eigenvalue weighted by Crippen LogP contribution is -3.15. The van der Waals surface area contributed by atoms with Crippen LogP contribution >= 0.6 is 23.2 Å². The number of nitrogens with one attached hydrogen (secondary N) is 2. The molecule has 1 aliphatic rings. The van der Waals surface area contributed by atoms with Gasteiger partial charge < -0.3 is 15.1 Å². The van der Waals surface area contributed by atoms with E-state index in [2.05, 4.69) is 16.3 Å². The minimum atomic E-state index is 0.0343. The Kier molecular flexibility index (Phi) is 6.19. The third-order valence-electron chi connectivity index (χ3n) is 4.46. The molecule has 1 saturated heterocycles. The average molecular weight is 379 g/mol. The molecule has 0 aliphatic carbocycles. The summed E-state index contributed by atoms with van der Waals surface area (Å²) < 4.78 is 0. The van der Waals surface area contributed by atoms with Crippen LogP contribution in [0.15, 0.2) is 48.5 Å². The zero-order valence-electron chi connectivity index (χ0n) is 14.0. The number of nitrogens with zero attached hydrogens (tertiary/aromatic N) is 1. The van der Waals surface area contributed by atoms with Crippen LogP contribution < -0.4 is 15.1 Å². The molecule has 1 amide bonds. The molecular weight excluding hydrogens is 357 g/mol. The summed E-state index contributed by atoms with van der Waals surface area (Å²) >= 11 is 12.0. The van der Waals surface area contributed by atoms with Crippen molar-refractivity contribution in [3.8, 4) is 0 Å². The fraction of sp³-hybridized carbons (Fsp3) is 0.316. The van der Waals surface area contributed by atoms with E-state index in [9.17, 15) is 4.79 Å². The van der Waals surface area contributed by atoms with E-state index >= 15 is 0 Å². The minimum absolute atomic E-state index is 0.0343. The number of anilines is 2. The Balaban J connectivity index is 1.42. The van der Waals surface area contributed by atoms with Crippen LogP contribution in [0.25, 0.3) is 0 Å². The Morgan fingerprint density at radius 2 is 1.72 bits per heavy atom. The number of carbonyl (C=O) groups is 1. The van der Waals surface area contributed by atoms with Gasteiger partial charge in [0.05, 0.1) is 39.1 Å². The van der Waals surface area contributed by atoms with Gasteiger partial charge in [0.2, 0.25) is 5.91 Å². The Bertz CT molecular complexity index is 730. The Morgan fingerprint density at radius 1 is 1.04 bits per heavy atom. The summed E-state index contributed by atoms with van der Waals surface area (Å²) in [6, 6.07) is 15.2. The molecule has 1 heterocycles. The van der Waals surface area contributed by atoms with Gasteiger partial charge in [0, 0.05) is 21.4 Å². The van der Waals surface area contributed by atoms with Crippen LogP contribution in [0, 0.1) is 0 Å². The number of rotatable bonds is 5. The maximum atomic E-state index is 12.1. The predicted octanol–water partition coefficient (Wildman–Crippen LogP) is 2.73. The first-order valence-corrected chi connectivity index (χ1v) is 9.25. The van der Waals surface area contributed by atoms with Crippen LogP contribution in [-0.2, 0) is 4.79 Å². The largest absolute Gasteiger partial charge is 0.360 e. The second kappa shape index (κ2) is 8.56. The van der Waals surface area contributed by atoms with Crippen molar-refractivity contribution in [3.63, 3.8) is 0 Å². The third kappa shape index (κ3) is 5.36. The highest BCUT2D eigenvalue weighted by Gasteiger charge is 2.20. The molecule has 1 aliphatic heterocycles. The number of benzene rings is 2. The molecule has 0 saturated carbocycles. The number of quaternary nitrogens is 1. The SMILES string of the molecule is O=C(CC[NH+]1CCN(c2cccc(Cl)c2)CC1)Nc1cccc(Cl)c1. The van der Waals surface area contributed by atoms with Crippen LogP contribution in [0.3, 0.4) is 0 Å². The second-order valence-electron chi connectivity index (χ2n) is 6.28. The highest BCUT2D eigenvalue weighted by Crippen LogP contribution is 2.19. The van der Waals surface area contributed by atoms with Gasteiger partial charge in [-0.3, -0.25) is 4.79 Å². The van der Waals surface area contributed by atoms with Crippen LogP contribution in [0.5, 0.6) is 0 Å². The summed E-state index contributed by atoms with van der Waals surface area (Å²) in [5, 5.41) is 4.30. The van der Waals surface area contributed by atoms with E-state index < -0.39 is 0 Å². The lowest BCUT2D eigenvalue weighted by atomic mass is 10.2. The standard InChI is InChI=1S/C19H21Cl2N3O/c20-15-3-1-5-17(13-15)22-19(25)7-8-23-9-11-24(12-10-23)18-6-2-4-16(21)14-18/h1-6,13-14H,7-12H2,(H,22,25)/p+1. The van der Waals surface area contributed by atoms with Crippen LogP contribution in [0.1, 0.15) is 6.42 Å². The van der Waals surface area contributed by atoms with Crippen molar-refractivity contribution in [2.75, 3.05) is 42.9 Å². The van der Waals surface area contributed by atoms with Crippen molar-refractivity contribution in [2.24, 2.45) is 0 Å². The molecule has 132 valence electrons. The fourth-order valence-electron chi connectivity index (χ4n) is 3.08. The molecule has 1 fully saturated rings. The van der Waals surface area contributed by atoms with Gasteiger partial charge in [-0.25, -0.2) is 0 Å². The zero-order valence-corrected chi connectivity index (χ0v) is 15.5. The summed E-state index contributed by atoms with van der Waals surface area (Å²) in [7, 11) is 0. The highest BCUT2D eigenvalue weighted by atomic mass is 35.5. The summed E-state index contributed by atoms with van der Waals surface area (Å²) in [5.74, 6) is 0.0343. The second-order valence-corrected chi connectivity index (χ2v) is 7.15. The number of carbonyl (C=O) groups excluding carboxylic acids is 1. The van der Waals surface area contributed by atoms with Crippen LogP contribution in [0.2, 0.25) is 10.0 Å². The van der Waals surface area contributed by atoms with Gasteiger partial charge in [-0.05, 0) is 36.4 Å². The molecule has 0 aromatic heterocycles. The maximum absolute atomic E-state index is 12.1. The van der Waals surface area contributed by atoms with Gasteiger partial charge in [0.1, 0.15) is 0 Å². The molecule has 0 radical (unpaired) electrons. The summed E-state index contributed by atoms with van der Waals surface area (Å²) in [6.45, 7) is 4.85. The maximum Gasteiger partial charge on any atom is 0.230 e. The monoisotopic (exact) mass is 378 g/mol. The van der Waals surface area contributed by atoms with Crippen molar-refractivity contribution in [1.82, 2.24) is 0 Å². The molecule has 0 spiro atoms. The van der Waals surface area contributed by atoms with Crippen molar-refractivity contribution in [1.29, 1.82) is 0 Å². The van der Waals surface area contributed by atoms with E-state index in [1.807, 2.05) is 30.3 Å². The molecule has 3 rings (SSSR count). The average Bonchev–Trinajstić information content (AvgIpc) is 2.60. The lowest BCUT2D eigenvalue weighted by molar-refractivity contribution is -0.900. The van der Waals surface area contributed by atoms with Gasteiger partial charge in [0.25, 0.3) is 0 Å². The van der Waals surface area contributed by atoms with E-state index in [1.54, 1.807) is 12.1 Å². The number of hydrogen-bond acceptors (Lipinski definition) is 2. The van der Waals surface area contributed by atoms with E-state index in [0.29, 0.717) is 11.4 Å². The highest BCUT2D eigenvalue weighted by molar-refractivity contribution is 6.31. The van der Waals surface area contributed by atoms with Crippen molar-refractivity contribution in [2.45, 2.75) is 6.42 Å². The molecule has 2 aromatic carbocycles. The normalized spacial score (nSPS) is 15.2. The van der Waals surface area contributed by atoms with Gasteiger partial charge >= 0.3 is 0 Å². The van der Waals surface area contributed by atoms with Crippen molar-refractivity contribution >= 4 is 40.5 Å². The van der Waals surface area contributed by atoms with Crippen molar-refractivity contribution < 1.29 is 9.69 Å². The summed E-state index contributed by atoms with van der Waals surface area (Å²) in [5.41, 5.74) is 1.92. The van der Waals surface area contributed by atoms with Crippen LogP contribution in [-0.4, -0.2) is 38.6 Å². The summed E-state index contributed by atoms with van der Waals surface area (Å²) in [6.07, 6.45) is 0.513. The smallest absolute Gasteiger partial charge is 0.230 e. The number of hydrogen-bond donors (Lipinski definition) is 2. The lowest BCUT2D eigenvalue weighted by Gasteiger charge is -2.33. The molecule has 0 bridgehead atoms. The molecule has 6 heteroatoms. The van der Waals surface area contributed by atoms with E-state index in [1.165, 1.54) is 10.6 Å². The summed E-state index contributed by atoms with van der Waals surface area (Å²) in [4.78, 5) is 15.9. The van der Waals surface area contributed by atoms with Gasteiger partial charge in [-0.2, -0.15) is 0 Å². The topological polar surface area (TPSA) is 36.8 Å². The molecule has 4 nitrogen and oxygen atoms in total. The molecule has 2 aromatic rings. The minimum Gasteiger partial charge on any atom is -0.360 e. The Labute approximate surface area is 158 Å². The van der Waals surface area contributed by atoms with Gasteiger partial charge in [-0.15, -0.1) is 0 Å². The van der Waals surface area contributed by atoms with Crippen molar-refractivity contribution in [3.05, 3.63) is 58.6 Å². The first-order chi connectivity index (χ1) is 12.1. The molecule has 0 atom stereocenters. The first kappa shape index (κ1) is 18.1. The third-order valence-corrected chi connectivity index (χ3v) is 4.93. The fourth-order valence-corrected chi connectivity index (χ4v) is 3.46. The van der Waals surface area contributed by atoms with E-state index in [4.69, 9.17) is 23.2 Å². The molecule has 0 unspecified atom stereocenters. The zero-order chi connectivity index (χ0) is 17.6. The molecule has 2 N–H and O–H groups in total. The molecular formula is C19H22Cl2N3O+. The van der Waals surface area contributed by atoms with Crippen LogP contribution in [0.4, 0.5) is 11.4 Å². The van der Waals surface area contributed by atoms with Gasteiger partial charge in [-0.1, -0.05) is 35.3 Å². The van der Waals surface area contributed by atoms with E-state index in [-0.39, 0.29) is 5.91 Å². The Hall–Kier alpha value is -1.75. The molecule has 25 heavy (non-hydrogen) atoms.